The number of benzene rings is 1. The molecule has 2 atom stereocenters. The summed E-state index contributed by atoms with van der Waals surface area (Å²) >= 11 is 7.51. The summed E-state index contributed by atoms with van der Waals surface area (Å²) in [5, 5.41) is 0.641. The summed E-state index contributed by atoms with van der Waals surface area (Å²) in [7, 11) is 0. The Kier molecular flexibility index (Phi) is 5.49. The number of Topliss-reactive ketones (excluding diaryl/α,β-unsaturated/α-hetero) is 1. The second-order valence-electron chi connectivity index (χ2n) is 4.68. The summed E-state index contributed by atoms with van der Waals surface area (Å²) in [6.07, 6.45) is 1.12. The number of ether oxygens (including phenoxy) is 1. The molecule has 1 aromatic carbocycles. The van der Waals surface area contributed by atoms with Gasteiger partial charge in [0.1, 0.15) is 0 Å². The third-order valence-corrected chi connectivity index (χ3v) is 4.99. The Bertz CT molecular complexity index is 486. The highest BCUT2D eigenvalue weighted by molar-refractivity contribution is 8.00. The van der Waals surface area contributed by atoms with Gasteiger partial charge in [0.25, 0.3) is 0 Å². The van der Waals surface area contributed by atoms with Gasteiger partial charge in [0.15, 0.2) is 5.78 Å². The highest BCUT2D eigenvalue weighted by Gasteiger charge is 2.35. The van der Waals surface area contributed by atoms with Gasteiger partial charge in [0.05, 0.1) is 13.0 Å². The minimum atomic E-state index is -0.221. The van der Waals surface area contributed by atoms with Gasteiger partial charge >= 0.3 is 5.97 Å². The summed E-state index contributed by atoms with van der Waals surface area (Å²) in [5.74, 6) is 0.681. The molecule has 1 aromatic rings. The highest BCUT2D eigenvalue weighted by atomic mass is 35.5. The number of carbonyl (C=O) groups is 2. The van der Waals surface area contributed by atoms with Crippen LogP contribution in [0.15, 0.2) is 24.3 Å². The Morgan fingerprint density at radius 1 is 1.35 bits per heavy atom. The predicted octanol–water partition coefficient (Wildman–Crippen LogP) is 3.60. The van der Waals surface area contributed by atoms with Gasteiger partial charge in [0.2, 0.25) is 0 Å². The Hall–Kier alpha value is -1.00. The van der Waals surface area contributed by atoms with Crippen molar-refractivity contribution >= 4 is 35.1 Å². The van der Waals surface area contributed by atoms with Crippen LogP contribution in [0.2, 0.25) is 5.02 Å². The SMILES string of the molecule is CCOC(=O)C[C@@H]1SCC[C@H]1C(=O)c1ccc(Cl)cc1. The number of rotatable bonds is 5. The number of thioether (sulfide) groups is 1. The molecule has 1 aliphatic rings. The molecule has 3 nitrogen and oxygen atoms in total. The van der Waals surface area contributed by atoms with Gasteiger partial charge in [-0.05, 0) is 43.4 Å². The third kappa shape index (κ3) is 3.76. The van der Waals surface area contributed by atoms with E-state index in [1.165, 1.54) is 0 Å². The second kappa shape index (κ2) is 7.14. The Morgan fingerprint density at radius 2 is 2.05 bits per heavy atom. The van der Waals surface area contributed by atoms with Gasteiger partial charge in [-0.1, -0.05) is 11.6 Å². The molecule has 108 valence electrons. The van der Waals surface area contributed by atoms with Gasteiger partial charge in [0, 0.05) is 21.8 Å². The Morgan fingerprint density at radius 3 is 2.70 bits per heavy atom. The van der Waals surface area contributed by atoms with Crippen LogP contribution in [0.25, 0.3) is 0 Å². The number of hydrogen-bond acceptors (Lipinski definition) is 4. The maximum absolute atomic E-state index is 12.5. The number of esters is 1. The molecule has 1 fully saturated rings. The molecule has 1 aliphatic heterocycles. The first kappa shape index (κ1) is 15.4. The van der Waals surface area contributed by atoms with Gasteiger partial charge in [-0.25, -0.2) is 0 Å². The van der Waals surface area contributed by atoms with Crippen molar-refractivity contribution < 1.29 is 14.3 Å². The maximum Gasteiger partial charge on any atom is 0.306 e. The monoisotopic (exact) mass is 312 g/mol. The van der Waals surface area contributed by atoms with Crippen molar-refractivity contribution in [2.75, 3.05) is 12.4 Å². The van der Waals surface area contributed by atoms with E-state index < -0.39 is 0 Å². The van der Waals surface area contributed by atoms with E-state index in [0.717, 1.165) is 12.2 Å². The number of halogens is 1. The van der Waals surface area contributed by atoms with Gasteiger partial charge in [-0.2, -0.15) is 11.8 Å². The van der Waals surface area contributed by atoms with E-state index in [9.17, 15) is 9.59 Å². The van der Waals surface area contributed by atoms with Crippen LogP contribution in [0.3, 0.4) is 0 Å². The molecule has 0 radical (unpaired) electrons. The van der Waals surface area contributed by atoms with Crippen LogP contribution in [0.4, 0.5) is 0 Å². The van der Waals surface area contributed by atoms with Crippen LogP contribution in [-0.2, 0) is 9.53 Å². The van der Waals surface area contributed by atoms with Crippen LogP contribution in [0, 0.1) is 5.92 Å². The van der Waals surface area contributed by atoms with Crippen molar-refractivity contribution in [1.82, 2.24) is 0 Å². The van der Waals surface area contributed by atoms with E-state index in [1.54, 1.807) is 43.0 Å². The minimum absolute atomic E-state index is 0.0252. The molecular weight excluding hydrogens is 296 g/mol. The molecule has 0 N–H and O–H groups in total. The number of carbonyl (C=O) groups excluding carboxylic acids is 2. The average molecular weight is 313 g/mol. The quantitative estimate of drug-likeness (QED) is 0.615. The highest BCUT2D eigenvalue weighted by Crippen LogP contribution is 2.36. The van der Waals surface area contributed by atoms with Crippen LogP contribution in [0.5, 0.6) is 0 Å². The van der Waals surface area contributed by atoms with Crippen LogP contribution < -0.4 is 0 Å². The lowest BCUT2D eigenvalue weighted by molar-refractivity contribution is -0.143. The lowest BCUT2D eigenvalue weighted by Gasteiger charge is -2.17. The second-order valence-corrected chi connectivity index (χ2v) is 6.47. The lowest BCUT2D eigenvalue weighted by atomic mass is 9.91. The van der Waals surface area contributed by atoms with Crippen molar-refractivity contribution in [1.29, 1.82) is 0 Å². The molecule has 0 unspecified atom stereocenters. The maximum atomic E-state index is 12.5. The third-order valence-electron chi connectivity index (χ3n) is 3.35. The Balaban J connectivity index is 2.04. The molecular formula is C15H17ClO3S. The predicted molar refractivity (Wildman–Crippen MR) is 81.4 cm³/mol. The fourth-order valence-corrected chi connectivity index (χ4v) is 3.93. The van der Waals surface area contributed by atoms with Crippen molar-refractivity contribution in [3.8, 4) is 0 Å². The normalized spacial score (nSPS) is 21.7. The Labute approximate surface area is 128 Å². The molecule has 5 heteroatoms. The smallest absolute Gasteiger partial charge is 0.306 e. The lowest BCUT2D eigenvalue weighted by Crippen LogP contribution is -2.25. The molecule has 1 heterocycles. The molecule has 0 aromatic heterocycles. The summed E-state index contributed by atoms with van der Waals surface area (Å²) < 4.78 is 4.97. The standard InChI is InChI=1S/C15H17ClO3S/c1-2-19-14(17)9-13-12(7-8-20-13)15(18)10-3-5-11(16)6-4-10/h3-6,12-13H,2,7-9H2,1H3/t12-,13+/m1/s1. The fourth-order valence-electron chi connectivity index (χ4n) is 2.36. The van der Waals surface area contributed by atoms with Crippen LogP contribution in [-0.4, -0.2) is 29.4 Å². The van der Waals surface area contributed by atoms with Crippen molar-refractivity contribution in [2.24, 2.45) is 5.92 Å². The van der Waals surface area contributed by atoms with E-state index >= 15 is 0 Å². The van der Waals surface area contributed by atoms with Gasteiger partial charge in [-0.3, -0.25) is 9.59 Å². The van der Waals surface area contributed by atoms with Crippen molar-refractivity contribution in [3.05, 3.63) is 34.9 Å². The molecule has 0 spiro atoms. The first-order chi connectivity index (χ1) is 9.61. The van der Waals surface area contributed by atoms with Gasteiger partial charge < -0.3 is 4.74 Å². The summed E-state index contributed by atoms with van der Waals surface area (Å²) in [6.45, 7) is 2.17. The largest absolute Gasteiger partial charge is 0.466 e. The average Bonchev–Trinajstić information content (AvgIpc) is 2.87. The number of hydrogen-bond donors (Lipinski definition) is 0. The van der Waals surface area contributed by atoms with Crippen molar-refractivity contribution in [2.45, 2.75) is 25.0 Å². The zero-order valence-corrected chi connectivity index (χ0v) is 12.9. The summed E-state index contributed by atoms with van der Waals surface area (Å²) in [5.41, 5.74) is 0.663. The molecule has 2 rings (SSSR count). The molecule has 0 amide bonds. The summed E-state index contributed by atoms with van der Waals surface area (Å²) in [4.78, 5) is 24.1. The van der Waals surface area contributed by atoms with E-state index in [0.29, 0.717) is 23.6 Å². The zero-order chi connectivity index (χ0) is 14.5. The van der Waals surface area contributed by atoms with Crippen LogP contribution >= 0.6 is 23.4 Å². The molecule has 1 saturated heterocycles. The topological polar surface area (TPSA) is 43.4 Å². The molecule has 20 heavy (non-hydrogen) atoms. The number of ketones is 1. The fraction of sp³-hybridized carbons (Fsp3) is 0.467. The van der Waals surface area contributed by atoms with Gasteiger partial charge in [-0.15, -0.1) is 0 Å². The van der Waals surface area contributed by atoms with E-state index in [1.807, 2.05) is 0 Å². The van der Waals surface area contributed by atoms with Crippen LogP contribution in [0.1, 0.15) is 30.1 Å². The zero-order valence-electron chi connectivity index (χ0n) is 11.3. The van der Waals surface area contributed by atoms with E-state index in [4.69, 9.17) is 16.3 Å². The first-order valence-electron chi connectivity index (χ1n) is 6.68. The molecule has 0 aliphatic carbocycles. The minimum Gasteiger partial charge on any atom is -0.466 e. The molecule has 0 saturated carbocycles. The van der Waals surface area contributed by atoms with Crippen molar-refractivity contribution in [3.63, 3.8) is 0 Å². The van der Waals surface area contributed by atoms with E-state index in [-0.39, 0.29) is 22.9 Å². The molecule has 0 bridgehead atoms. The van der Waals surface area contributed by atoms with E-state index in [2.05, 4.69) is 0 Å². The first-order valence-corrected chi connectivity index (χ1v) is 8.11. The summed E-state index contributed by atoms with van der Waals surface area (Å²) in [6, 6.07) is 6.93.